The highest BCUT2D eigenvalue weighted by Crippen LogP contribution is 2.21. The van der Waals surface area contributed by atoms with E-state index in [1.54, 1.807) is 18.7 Å². The molecular weight excluding hydrogens is 230 g/mol. The molecule has 0 radical (unpaired) electrons. The second-order valence-corrected chi connectivity index (χ2v) is 7.07. The number of rotatable bonds is 4. The fourth-order valence-electron chi connectivity index (χ4n) is 1.60. The summed E-state index contributed by atoms with van der Waals surface area (Å²) in [6.45, 7) is 3.23. The van der Waals surface area contributed by atoms with Gasteiger partial charge in [-0.3, -0.25) is 4.90 Å². The van der Waals surface area contributed by atoms with Gasteiger partial charge in [-0.05, 0) is 0 Å². The van der Waals surface area contributed by atoms with Crippen LogP contribution in [0.2, 0.25) is 0 Å². The molecule has 0 aliphatic carbocycles. The molecule has 0 amide bonds. The first-order valence-electron chi connectivity index (χ1n) is 5.08. The van der Waals surface area contributed by atoms with Crippen molar-refractivity contribution in [3.8, 4) is 12.3 Å². The molecule has 0 saturated carbocycles. The van der Waals surface area contributed by atoms with Crippen LogP contribution in [0.5, 0.6) is 0 Å². The van der Waals surface area contributed by atoms with Gasteiger partial charge in [-0.2, -0.15) is 11.8 Å². The maximum atomic E-state index is 11.8. The minimum Gasteiger partial charge on any atom is -0.285 e. The lowest BCUT2D eigenvalue weighted by Crippen LogP contribution is -2.47. The van der Waals surface area contributed by atoms with Crippen molar-refractivity contribution in [1.29, 1.82) is 0 Å². The molecule has 1 atom stereocenters. The standard InChI is InChI=1S/C10H17NO2S2/c1-3-5-6-11-7-8-14-9-10(11)15(12,13)4-2/h1,10H,4-9H2,2H3. The summed E-state index contributed by atoms with van der Waals surface area (Å²) in [6.07, 6.45) is 5.83. The van der Waals surface area contributed by atoms with Crippen LogP contribution in [0.1, 0.15) is 13.3 Å². The predicted molar refractivity (Wildman–Crippen MR) is 65.6 cm³/mol. The van der Waals surface area contributed by atoms with Crippen molar-refractivity contribution in [2.45, 2.75) is 18.7 Å². The van der Waals surface area contributed by atoms with Crippen LogP contribution in [0.25, 0.3) is 0 Å². The van der Waals surface area contributed by atoms with Crippen molar-refractivity contribution >= 4 is 21.6 Å². The zero-order chi connectivity index (χ0) is 11.3. The maximum absolute atomic E-state index is 11.8. The van der Waals surface area contributed by atoms with Crippen molar-refractivity contribution in [2.75, 3.05) is 30.3 Å². The molecule has 0 N–H and O–H groups in total. The highest BCUT2D eigenvalue weighted by molar-refractivity contribution is 8.01. The topological polar surface area (TPSA) is 37.4 Å². The second-order valence-electron chi connectivity index (χ2n) is 3.47. The van der Waals surface area contributed by atoms with E-state index in [9.17, 15) is 8.42 Å². The van der Waals surface area contributed by atoms with E-state index in [1.807, 2.05) is 4.90 Å². The van der Waals surface area contributed by atoms with E-state index in [0.717, 1.165) is 12.3 Å². The molecule has 1 rings (SSSR count). The summed E-state index contributed by atoms with van der Waals surface area (Å²) in [5.74, 6) is 4.46. The lowest BCUT2D eigenvalue weighted by Gasteiger charge is -2.34. The van der Waals surface area contributed by atoms with Crippen molar-refractivity contribution in [3.63, 3.8) is 0 Å². The molecule has 0 bridgehead atoms. The maximum Gasteiger partial charge on any atom is 0.166 e. The lowest BCUT2D eigenvalue weighted by molar-refractivity contribution is 0.276. The molecule has 86 valence electrons. The first-order chi connectivity index (χ1) is 7.11. The molecule has 1 aliphatic rings. The van der Waals surface area contributed by atoms with Gasteiger partial charge in [0.05, 0.1) is 0 Å². The number of nitrogens with zero attached hydrogens (tertiary/aromatic N) is 1. The Bertz CT molecular complexity index is 332. The molecule has 3 nitrogen and oxygen atoms in total. The highest BCUT2D eigenvalue weighted by Gasteiger charge is 2.32. The zero-order valence-electron chi connectivity index (χ0n) is 8.98. The first-order valence-corrected chi connectivity index (χ1v) is 7.95. The Morgan fingerprint density at radius 2 is 2.33 bits per heavy atom. The number of hydrogen-bond donors (Lipinski definition) is 0. The largest absolute Gasteiger partial charge is 0.285 e. The molecule has 0 spiro atoms. The average molecular weight is 247 g/mol. The van der Waals surface area contributed by atoms with Crippen molar-refractivity contribution in [1.82, 2.24) is 4.90 Å². The van der Waals surface area contributed by atoms with Crippen LogP contribution >= 0.6 is 11.8 Å². The number of terminal acetylenes is 1. The predicted octanol–water partition coefficient (Wildman–Crippen LogP) is 0.819. The number of thioether (sulfide) groups is 1. The third kappa shape index (κ3) is 3.40. The monoisotopic (exact) mass is 247 g/mol. The van der Waals surface area contributed by atoms with Gasteiger partial charge in [-0.1, -0.05) is 6.92 Å². The van der Waals surface area contributed by atoms with Crippen LogP contribution in [0.3, 0.4) is 0 Å². The fourth-order valence-corrected chi connectivity index (χ4v) is 4.71. The number of sulfone groups is 1. The Labute approximate surface area is 96.5 Å². The third-order valence-electron chi connectivity index (χ3n) is 2.55. The average Bonchev–Trinajstić information content (AvgIpc) is 2.26. The van der Waals surface area contributed by atoms with Crippen LogP contribution in [0.4, 0.5) is 0 Å². The smallest absolute Gasteiger partial charge is 0.166 e. The molecular formula is C10H17NO2S2. The van der Waals surface area contributed by atoms with Gasteiger partial charge in [0.2, 0.25) is 0 Å². The van der Waals surface area contributed by atoms with E-state index in [2.05, 4.69) is 5.92 Å². The molecule has 1 saturated heterocycles. The summed E-state index contributed by atoms with van der Waals surface area (Å²) >= 11 is 1.71. The second kappa shape index (κ2) is 5.78. The van der Waals surface area contributed by atoms with Crippen LogP contribution in [-0.2, 0) is 9.84 Å². The first kappa shape index (κ1) is 12.9. The molecule has 5 heteroatoms. The van der Waals surface area contributed by atoms with Gasteiger partial charge in [-0.15, -0.1) is 12.3 Å². The van der Waals surface area contributed by atoms with E-state index in [0.29, 0.717) is 18.7 Å². The van der Waals surface area contributed by atoms with E-state index >= 15 is 0 Å². The Kier molecular flexibility index (Phi) is 4.97. The van der Waals surface area contributed by atoms with Crippen LogP contribution in [0, 0.1) is 12.3 Å². The third-order valence-corrected chi connectivity index (χ3v) is 5.88. The summed E-state index contributed by atoms with van der Waals surface area (Å²) in [6, 6.07) is 0. The molecule has 1 fully saturated rings. The molecule has 1 aliphatic heterocycles. The SMILES string of the molecule is C#CCCN1CCSCC1S(=O)(=O)CC. The normalized spacial score (nSPS) is 23.6. The van der Waals surface area contributed by atoms with Crippen LogP contribution < -0.4 is 0 Å². The summed E-state index contributed by atoms with van der Waals surface area (Å²) in [4.78, 5) is 2.01. The summed E-state index contributed by atoms with van der Waals surface area (Å²) in [5, 5.41) is -0.324. The minimum atomic E-state index is -2.96. The van der Waals surface area contributed by atoms with Gasteiger partial charge in [0.15, 0.2) is 9.84 Å². The van der Waals surface area contributed by atoms with Crippen LogP contribution in [0.15, 0.2) is 0 Å². The Balaban J connectivity index is 2.70. The number of hydrogen-bond acceptors (Lipinski definition) is 4. The zero-order valence-corrected chi connectivity index (χ0v) is 10.6. The van der Waals surface area contributed by atoms with Gasteiger partial charge < -0.3 is 0 Å². The van der Waals surface area contributed by atoms with E-state index in [1.165, 1.54) is 0 Å². The fraction of sp³-hybridized carbons (Fsp3) is 0.800. The van der Waals surface area contributed by atoms with E-state index < -0.39 is 9.84 Å². The van der Waals surface area contributed by atoms with E-state index in [4.69, 9.17) is 6.42 Å². The minimum absolute atomic E-state index is 0.213. The van der Waals surface area contributed by atoms with Crippen molar-refractivity contribution in [2.24, 2.45) is 0 Å². The van der Waals surface area contributed by atoms with Gasteiger partial charge >= 0.3 is 0 Å². The molecule has 1 heterocycles. The van der Waals surface area contributed by atoms with Gasteiger partial charge in [0.25, 0.3) is 0 Å². The molecule has 1 unspecified atom stereocenters. The van der Waals surface area contributed by atoms with Gasteiger partial charge in [-0.25, -0.2) is 8.42 Å². The van der Waals surface area contributed by atoms with Crippen molar-refractivity contribution < 1.29 is 8.42 Å². The van der Waals surface area contributed by atoms with Crippen molar-refractivity contribution in [3.05, 3.63) is 0 Å². The van der Waals surface area contributed by atoms with E-state index in [-0.39, 0.29) is 11.1 Å². The Morgan fingerprint density at radius 1 is 1.60 bits per heavy atom. The lowest BCUT2D eigenvalue weighted by atomic mass is 10.4. The molecule has 15 heavy (non-hydrogen) atoms. The van der Waals surface area contributed by atoms with Crippen LogP contribution in [-0.4, -0.2) is 49.0 Å². The van der Waals surface area contributed by atoms with Gasteiger partial charge in [0, 0.05) is 36.8 Å². The Morgan fingerprint density at radius 3 is 2.93 bits per heavy atom. The highest BCUT2D eigenvalue weighted by atomic mass is 32.2. The molecule has 0 aromatic heterocycles. The summed E-state index contributed by atoms with van der Waals surface area (Å²) < 4.78 is 23.6. The molecule has 0 aromatic rings. The van der Waals surface area contributed by atoms with Gasteiger partial charge in [0.1, 0.15) is 5.37 Å². The summed E-state index contributed by atoms with van der Waals surface area (Å²) in [5.41, 5.74) is 0. The molecule has 0 aromatic carbocycles. The Hall–Kier alpha value is -0.180. The summed E-state index contributed by atoms with van der Waals surface area (Å²) in [7, 11) is -2.96. The quantitative estimate of drug-likeness (QED) is 0.689.